The molecule has 0 aliphatic carbocycles. The maximum Gasteiger partial charge on any atom is 0.338 e. The van der Waals surface area contributed by atoms with Crippen LogP contribution in [0, 0.1) is 10.1 Å². The molecule has 0 unspecified atom stereocenters. The zero-order valence-electron chi connectivity index (χ0n) is 17.5. The van der Waals surface area contributed by atoms with Gasteiger partial charge in [0.15, 0.2) is 6.29 Å². The van der Waals surface area contributed by atoms with Gasteiger partial charge >= 0.3 is 5.97 Å². The molecule has 1 aromatic carbocycles. The molecule has 1 aromatic rings. The van der Waals surface area contributed by atoms with Gasteiger partial charge < -0.3 is 54.7 Å². The Morgan fingerprint density at radius 2 is 1.65 bits per heavy atom. The minimum absolute atomic E-state index is 0.0463. The summed E-state index contributed by atoms with van der Waals surface area (Å²) in [7, 11) is 0. The lowest BCUT2D eigenvalue weighted by atomic mass is 9.99. The molecule has 2 aliphatic heterocycles. The summed E-state index contributed by atoms with van der Waals surface area (Å²) in [5.74, 6) is -3.28. The van der Waals surface area contributed by atoms with Gasteiger partial charge in [0.05, 0.1) is 17.1 Å². The van der Waals surface area contributed by atoms with Crippen LogP contribution in [-0.4, -0.2) is 121 Å². The predicted octanol–water partition coefficient (Wildman–Crippen LogP) is -3.62. The molecule has 2 fully saturated rings. The highest BCUT2D eigenvalue weighted by Crippen LogP contribution is 2.36. The van der Waals surface area contributed by atoms with Gasteiger partial charge in [-0.15, -0.1) is 0 Å². The highest BCUT2D eigenvalue weighted by atomic mass is 16.8. The quantitative estimate of drug-likeness (QED) is 0.106. The normalized spacial score (nSPS) is 38.0. The maximum atomic E-state index is 12.2. The van der Waals surface area contributed by atoms with E-state index in [0.29, 0.717) is 0 Å². The summed E-state index contributed by atoms with van der Waals surface area (Å²) in [4.78, 5) is 22.3. The Labute approximate surface area is 191 Å². The molecule has 0 saturated carbocycles. The van der Waals surface area contributed by atoms with Gasteiger partial charge in [0.2, 0.25) is 5.79 Å². The van der Waals surface area contributed by atoms with Crippen molar-refractivity contribution in [1.82, 2.24) is 0 Å². The fraction of sp³-hybridized carbons (Fsp3) is 0.632. The molecule has 9 atom stereocenters. The van der Waals surface area contributed by atoms with E-state index in [4.69, 9.17) is 18.9 Å². The van der Waals surface area contributed by atoms with Crippen LogP contribution in [0.15, 0.2) is 24.3 Å². The van der Waals surface area contributed by atoms with Crippen molar-refractivity contribution in [3.8, 4) is 0 Å². The second-order valence-corrected chi connectivity index (χ2v) is 7.78. The van der Waals surface area contributed by atoms with Crippen LogP contribution in [0.5, 0.6) is 0 Å². The number of rotatable bonds is 8. The third-order valence-corrected chi connectivity index (χ3v) is 5.58. The van der Waals surface area contributed by atoms with Crippen LogP contribution in [0.2, 0.25) is 0 Å². The Morgan fingerprint density at radius 3 is 2.18 bits per heavy atom. The van der Waals surface area contributed by atoms with E-state index >= 15 is 0 Å². The van der Waals surface area contributed by atoms with E-state index in [9.17, 15) is 50.7 Å². The molecule has 34 heavy (non-hydrogen) atoms. The monoisotopic (exact) mass is 491 g/mol. The van der Waals surface area contributed by atoms with Crippen LogP contribution in [-0.2, 0) is 18.9 Å². The minimum Gasteiger partial charge on any atom is -0.459 e. The molecule has 2 heterocycles. The van der Waals surface area contributed by atoms with E-state index in [1.807, 2.05) is 0 Å². The van der Waals surface area contributed by atoms with Crippen molar-refractivity contribution in [2.45, 2.75) is 54.8 Å². The molecule has 0 spiro atoms. The van der Waals surface area contributed by atoms with Crippen LogP contribution in [0.3, 0.4) is 0 Å². The van der Waals surface area contributed by atoms with Gasteiger partial charge in [-0.05, 0) is 12.1 Å². The largest absolute Gasteiger partial charge is 0.459 e. The number of nitro benzene ring substituents is 1. The molecule has 0 radical (unpaired) electrons. The SMILES string of the molecule is O=C(OC[C@@H]1O[C@@H](O[C@]2(CO)O[C@@H](CO)[C@H](O)[C@@H]2O)[C@H](O)[C@H](O)[C@@H]1O)c1ccc([N+](=O)[O-])cc1. The van der Waals surface area contributed by atoms with Crippen LogP contribution in [0.25, 0.3) is 0 Å². The maximum absolute atomic E-state index is 12.2. The van der Waals surface area contributed by atoms with Gasteiger partial charge in [0.25, 0.3) is 5.69 Å². The molecule has 2 saturated heterocycles. The molecular weight excluding hydrogens is 466 g/mol. The van der Waals surface area contributed by atoms with Gasteiger partial charge in [0.1, 0.15) is 55.9 Å². The number of esters is 1. The second kappa shape index (κ2) is 10.5. The minimum atomic E-state index is -2.35. The molecular formula is C19H25NO14. The average Bonchev–Trinajstić information content (AvgIpc) is 3.08. The third-order valence-electron chi connectivity index (χ3n) is 5.58. The molecule has 0 amide bonds. The summed E-state index contributed by atoms with van der Waals surface area (Å²) in [5.41, 5.74) is -0.294. The molecule has 15 nitrogen and oxygen atoms in total. The summed E-state index contributed by atoms with van der Waals surface area (Å²) >= 11 is 0. The Bertz CT molecular complexity index is 867. The number of carbonyl (C=O) groups is 1. The second-order valence-electron chi connectivity index (χ2n) is 7.78. The highest BCUT2D eigenvalue weighted by Gasteiger charge is 2.58. The first kappa shape index (κ1) is 26.3. The van der Waals surface area contributed by atoms with Crippen molar-refractivity contribution in [2.75, 3.05) is 19.8 Å². The molecule has 7 N–H and O–H groups in total. The standard InChI is InChI=1S/C19H25NO14/c21-5-10-13(24)16(27)19(7-22,33-10)34-18-15(26)14(25)12(23)11(32-18)6-31-17(28)8-1-3-9(4-2-8)20(29)30/h1-4,10-16,18,21-27H,5-7H2/t10-,11-,12+,13-,14+,15+,16-,18-,19-/m0/s1. The van der Waals surface area contributed by atoms with E-state index in [1.54, 1.807) is 0 Å². The number of ether oxygens (including phenoxy) is 4. The third kappa shape index (κ3) is 5.03. The average molecular weight is 491 g/mol. The van der Waals surface area contributed by atoms with E-state index < -0.39 is 85.5 Å². The molecule has 0 bridgehead atoms. The van der Waals surface area contributed by atoms with E-state index in [-0.39, 0.29) is 11.3 Å². The van der Waals surface area contributed by atoms with Gasteiger partial charge in [0, 0.05) is 12.1 Å². The summed E-state index contributed by atoms with van der Waals surface area (Å²) in [6.07, 6.45) is -13.7. The molecule has 3 rings (SSSR count). The Balaban J connectivity index is 1.68. The van der Waals surface area contributed by atoms with Gasteiger partial charge in [-0.1, -0.05) is 0 Å². The fourth-order valence-electron chi connectivity index (χ4n) is 3.58. The first-order valence-electron chi connectivity index (χ1n) is 10.1. The lowest BCUT2D eigenvalue weighted by molar-refractivity contribution is -0.384. The van der Waals surface area contributed by atoms with Crippen LogP contribution in [0.4, 0.5) is 5.69 Å². The van der Waals surface area contributed by atoms with Crippen molar-refractivity contribution >= 4 is 11.7 Å². The van der Waals surface area contributed by atoms with E-state index in [1.165, 1.54) is 0 Å². The summed E-state index contributed by atoms with van der Waals surface area (Å²) in [6, 6.07) is 4.47. The van der Waals surface area contributed by atoms with Gasteiger partial charge in [-0.3, -0.25) is 10.1 Å². The van der Waals surface area contributed by atoms with Crippen molar-refractivity contribution in [1.29, 1.82) is 0 Å². The van der Waals surface area contributed by atoms with Crippen molar-refractivity contribution in [3.63, 3.8) is 0 Å². The summed E-state index contributed by atoms with van der Waals surface area (Å²) in [6.45, 7) is -2.44. The van der Waals surface area contributed by atoms with E-state index in [0.717, 1.165) is 24.3 Å². The first-order valence-corrected chi connectivity index (χ1v) is 10.1. The number of non-ortho nitro benzene ring substituents is 1. The summed E-state index contributed by atoms with van der Waals surface area (Å²) in [5, 5.41) is 80.5. The zero-order chi connectivity index (χ0) is 25.2. The predicted molar refractivity (Wildman–Crippen MR) is 105 cm³/mol. The highest BCUT2D eigenvalue weighted by molar-refractivity contribution is 5.89. The van der Waals surface area contributed by atoms with Crippen molar-refractivity contribution in [3.05, 3.63) is 39.9 Å². The number of benzene rings is 1. The Hall–Kier alpha value is -2.31. The number of nitro groups is 1. The number of hydrogen-bond acceptors (Lipinski definition) is 14. The molecule has 2 aliphatic rings. The van der Waals surface area contributed by atoms with Crippen molar-refractivity contribution < 1.29 is 64.4 Å². The Morgan fingerprint density at radius 1 is 1.00 bits per heavy atom. The molecule has 15 heteroatoms. The van der Waals surface area contributed by atoms with Crippen LogP contribution in [0.1, 0.15) is 10.4 Å². The number of aliphatic hydroxyl groups excluding tert-OH is 7. The van der Waals surface area contributed by atoms with Gasteiger partial charge in [-0.2, -0.15) is 0 Å². The lowest BCUT2D eigenvalue weighted by Crippen LogP contribution is -2.62. The topological polar surface area (TPSA) is 239 Å². The lowest BCUT2D eigenvalue weighted by Gasteiger charge is -2.43. The molecule has 190 valence electrons. The number of carbonyl (C=O) groups excluding carboxylic acids is 1. The van der Waals surface area contributed by atoms with Crippen LogP contribution >= 0.6 is 0 Å². The molecule has 0 aromatic heterocycles. The summed E-state index contributed by atoms with van der Waals surface area (Å²) < 4.78 is 20.9. The van der Waals surface area contributed by atoms with E-state index in [2.05, 4.69) is 0 Å². The Kier molecular flexibility index (Phi) is 8.14. The number of aliphatic hydroxyl groups is 7. The smallest absolute Gasteiger partial charge is 0.338 e. The van der Waals surface area contributed by atoms with Gasteiger partial charge in [-0.25, -0.2) is 4.79 Å². The van der Waals surface area contributed by atoms with Crippen LogP contribution < -0.4 is 0 Å². The van der Waals surface area contributed by atoms with Crippen molar-refractivity contribution in [2.24, 2.45) is 0 Å². The fourth-order valence-corrected chi connectivity index (χ4v) is 3.58. The zero-order valence-corrected chi connectivity index (χ0v) is 17.5. The first-order chi connectivity index (χ1) is 16.0. The number of hydrogen-bond donors (Lipinski definition) is 7. The number of nitrogens with zero attached hydrogens (tertiary/aromatic N) is 1.